The molecule has 0 aliphatic heterocycles. The highest BCUT2D eigenvalue weighted by atomic mass is 19.1. The summed E-state index contributed by atoms with van der Waals surface area (Å²) in [5, 5.41) is 0. The molecule has 2 rings (SSSR count). The van der Waals surface area contributed by atoms with Gasteiger partial charge in [-0.15, -0.1) is 0 Å². The number of methoxy groups -OCH3 is 2. The van der Waals surface area contributed by atoms with E-state index >= 15 is 0 Å². The molecule has 0 fully saturated rings. The molecular weight excluding hydrogens is 343 g/mol. The Morgan fingerprint density at radius 1 is 0.923 bits per heavy atom. The fraction of sp³-hybridized carbons (Fsp3) is 0.222. The Morgan fingerprint density at radius 2 is 1.62 bits per heavy atom. The maximum Gasteiger partial charge on any atom is 0.276 e. The molecule has 2 N–H and O–H groups in total. The highest BCUT2D eigenvalue weighted by Crippen LogP contribution is 2.27. The van der Waals surface area contributed by atoms with Gasteiger partial charge in [0.1, 0.15) is 0 Å². The largest absolute Gasteiger partial charge is 0.493 e. The van der Waals surface area contributed by atoms with Gasteiger partial charge in [-0.2, -0.15) is 0 Å². The standard InChI is InChI=1S/C18H19FN2O5/c1-24-15-8-7-12(9-16(15)25-2)10-17(22)20-21-18(23)11-26-14-6-4-3-5-13(14)19/h3-9H,10-11H2,1-2H3,(H,20,22)(H,21,23). The lowest BCUT2D eigenvalue weighted by molar-refractivity contribution is -0.129. The Kier molecular flexibility index (Phi) is 6.78. The monoisotopic (exact) mass is 362 g/mol. The average molecular weight is 362 g/mol. The van der Waals surface area contributed by atoms with E-state index in [2.05, 4.69) is 10.9 Å². The number of para-hydroxylation sites is 1. The first-order valence-electron chi connectivity index (χ1n) is 7.69. The minimum Gasteiger partial charge on any atom is -0.493 e. The number of ether oxygens (including phenoxy) is 3. The van der Waals surface area contributed by atoms with E-state index in [1.807, 2.05) is 0 Å². The highest BCUT2D eigenvalue weighted by molar-refractivity contribution is 5.84. The molecule has 26 heavy (non-hydrogen) atoms. The van der Waals surface area contributed by atoms with Crippen molar-refractivity contribution in [3.8, 4) is 17.2 Å². The van der Waals surface area contributed by atoms with Crippen LogP contribution in [0.1, 0.15) is 5.56 Å². The Hall–Kier alpha value is -3.29. The zero-order valence-corrected chi connectivity index (χ0v) is 14.4. The van der Waals surface area contributed by atoms with Crippen LogP contribution < -0.4 is 25.1 Å². The lowest BCUT2D eigenvalue weighted by atomic mass is 10.1. The molecule has 0 unspecified atom stereocenters. The number of hydrogen-bond donors (Lipinski definition) is 2. The lowest BCUT2D eigenvalue weighted by Crippen LogP contribution is -2.44. The van der Waals surface area contributed by atoms with Crippen molar-refractivity contribution in [2.45, 2.75) is 6.42 Å². The second kappa shape index (κ2) is 9.26. The van der Waals surface area contributed by atoms with Crippen LogP contribution in [0.15, 0.2) is 42.5 Å². The fourth-order valence-electron chi connectivity index (χ4n) is 2.10. The van der Waals surface area contributed by atoms with E-state index in [1.54, 1.807) is 24.3 Å². The van der Waals surface area contributed by atoms with E-state index in [4.69, 9.17) is 14.2 Å². The molecular formula is C18H19FN2O5. The van der Waals surface area contributed by atoms with Crippen molar-refractivity contribution < 1.29 is 28.2 Å². The number of rotatable bonds is 7. The molecule has 2 aromatic rings. The van der Waals surface area contributed by atoms with Crippen molar-refractivity contribution in [2.75, 3.05) is 20.8 Å². The summed E-state index contributed by atoms with van der Waals surface area (Å²) in [6, 6.07) is 10.8. The summed E-state index contributed by atoms with van der Waals surface area (Å²) in [6.45, 7) is -0.433. The number of benzene rings is 2. The molecule has 0 radical (unpaired) electrons. The third kappa shape index (κ3) is 5.37. The van der Waals surface area contributed by atoms with Gasteiger partial charge in [0.15, 0.2) is 29.7 Å². The van der Waals surface area contributed by atoms with Crippen LogP contribution in [0.4, 0.5) is 4.39 Å². The van der Waals surface area contributed by atoms with Gasteiger partial charge in [-0.25, -0.2) is 4.39 Å². The maximum atomic E-state index is 13.4. The Bertz CT molecular complexity index is 782. The van der Waals surface area contributed by atoms with Gasteiger partial charge in [-0.05, 0) is 29.8 Å². The third-order valence-corrected chi connectivity index (χ3v) is 3.35. The SMILES string of the molecule is COc1ccc(CC(=O)NNC(=O)COc2ccccc2F)cc1OC. The van der Waals surface area contributed by atoms with Crippen molar-refractivity contribution in [2.24, 2.45) is 0 Å². The molecule has 0 atom stereocenters. The van der Waals surface area contributed by atoms with Crippen LogP contribution in [-0.2, 0) is 16.0 Å². The number of halogens is 1. The van der Waals surface area contributed by atoms with Gasteiger partial charge in [-0.1, -0.05) is 18.2 Å². The van der Waals surface area contributed by atoms with Crippen LogP contribution in [0.3, 0.4) is 0 Å². The molecule has 0 aliphatic carbocycles. The molecule has 7 nitrogen and oxygen atoms in total. The number of carbonyl (C=O) groups is 2. The predicted molar refractivity (Wildman–Crippen MR) is 91.4 cm³/mol. The zero-order valence-electron chi connectivity index (χ0n) is 14.4. The van der Waals surface area contributed by atoms with Gasteiger partial charge in [0, 0.05) is 0 Å². The molecule has 0 heterocycles. The number of hydrogen-bond acceptors (Lipinski definition) is 5. The summed E-state index contributed by atoms with van der Waals surface area (Å²) >= 11 is 0. The van der Waals surface area contributed by atoms with E-state index in [9.17, 15) is 14.0 Å². The average Bonchev–Trinajstić information content (AvgIpc) is 2.65. The smallest absolute Gasteiger partial charge is 0.276 e. The first-order valence-corrected chi connectivity index (χ1v) is 7.69. The summed E-state index contributed by atoms with van der Waals surface area (Å²) < 4.78 is 28.7. The van der Waals surface area contributed by atoms with Crippen LogP contribution in [0.2, 0.25) is 0 Å². The lowest BCUT2D eigenvalue weighted by Gasteiger charge is -2.11. The van der Waals surface area contributed by atoms with Gasteiger partial charge >= 0.3 is 0 Å². The topological polar surface area (TPSA) is 85.9 Å². The Labute approximate surface area is 150 Å². The second-order valence-electron chi connectivity index (χ2n) is 5.18. The van der Waals surface area contributed by atoms with Crippen LogP contribution in [0, 0.1) is 5.82 Å². The van der Waals surface area contributed by atoms with Gasteiger partial charge in [0.2, 0.25) is 5.91 Å². The fourth-order valence-corrected chi connectivity index (χ4v) is 2.10. The first kappa shape index (κ1) is 19.0. The first-order chi connectivity index (χ1) is 12.5. The number of hydrazine groups is 1. The summed E-state index contributed by atoms with van der Waals surface area (Å²) in [5.74, 6) is -0.613. The van der Waals surface area contributed by atoms with Crippen molar-refractivity contribution in [3.63, 3.8) is 0 Å². The van der Waals surface area contributed by atoms with E-state index in [0.717, 1.165) is 0 Å². The van der Waals surface area contributed by atoms with E-state index in [-0.39, 0.29) is 12.2 Å². The normalized spacial score (nSPS) is 9.96. The molecule has 0 saturated carbocycles. The second-order valence-corrected chi connectivity index (χ2v) is 5.18. The van der Waals surface area contributed by atoms with Crippen molar-refractivity contribution >= 4 is 11.8 Å². The predicted octanol–water partition coefficient (Wildman–Crippen LogP) is 1.61. The summed E-state index contributed by atoms with van der Waals surface area (Å²) in [5.41, 5.74) is 5.14. The molecule has 2 amide bonds. The van der Waals surface area contributed by atoms with Crippen LogP contribution in [0.5, 0.6) is 17.2 Å². The van der Waals surface area contributed by atoms with Crippen LogP contribution in [-0.4, -0.2) is 32.6 Å². The number of amides is 2. The van der Waals surface area contributed by atoms with Crippen molar-refractivity contribution in [3.05, 3.63) is 53.8 Å². The summed E-state index contributed by atoms with van der Waals surface area (Å²) in [7, 11) is 3.01. The Balaban J connectivity index is 1.79. The van der Waals surface area contributed by atoms with Crippen molar-refractivity contribution in [1.29, 1.82) is 0 Å². The zero-order chi connectivity index (χ0) is 18.9. The minimum absolute atomic E-state index is 0.0226. The molecule has 0 aromatic heterocycles. The highest BCUT2D eigenvalue weighted by Gasteiger charge is 2.10. The van der Waals surface area contributed by atoms with Gasteiger partial charge in [0.25, 0.3) is 5.91 Å². The minimum atomic E-state index is -0.617. The summed E-state index contributed by atoms with van der Waals surface area (Å²) in [6.07, 6.45) is 0.0226. The third-order valence-electron chi connectivity index (χ3n) is 3.35. The number of carbonyl (C=O) groups excluding carboxylic acids is 2. The molecule has 8 heteroatoms. The van der Waals surface area contributed by atoms with Gasteiger partial charge in [-0.3, -0.25) is 20.4 Å². The molecule has 0 saturated heterocycles. The summed E-state index contributed by atoms with van der Waals surface area (Å²) in [4.78, 5) is 23.6. The van der Waals surface area contributed by atoms with E-state index in [1.165, 1.54) is 32.4 Å². The quantitative estimate of drug-likeness (QED) is 0.731. The van der Waals surface area contributed by atoms with E-state index in [0.29, 0.717) is 17.1 Å². The molecule has 0 bridgehead atoms. The molecule has 0 aliphatic rings. The van der Waals surface area contributed by atoms with Gasteiger partial charge < -0.3 is 14.2 Å². The number of nitrogens with one attached hydrogen (secondary N) is 2. The van der Waals surface area contributed by atoms with Gasteiger partial charge in [0.05, 0.1) is 20.6 Å². The Morgan fingerprint density at radius 3 is 2.31 bits per heavy atom. The van der Waals surface area contributed by atoms with Crippen LogP contribution in [0.25, 0.3) is 0 Å². The van der Waals surface area contributed by atoms with Crippen LogP contribution >= 0.6 is 0 Å². The molecule has 138 valence electrons. The maximum absolute atomic E-state index is 13.4. The molecule has 2 aromatic carbocycles. The molecule has 0 spiro atoms. The van der Waals surface area contributed by atoms with E-state index < -0.39 is 24.2 Å². The van der Waals surface area contributed by atoms with Crippen molar-refractivity contribution in [1.82, 2.24) is 10.9 Å².